The van der Waals surface area contributed by atoms with Gasteiger partial charge in [0.1, 0.15) is 0 Å². The minimum atomic E-state index is -3.52. The number of benzene rings is 1. The van der Waals surface area contributed by atoms with Gasteiger partial charge >= 0.3 is 0 Å². The van der Waals surface area contributed by atoms with Gasteiger partial charge in [-0.25, -0.2) is 8.42 Å². The Labute approximate surface area is 132 Å². The van der Waals surface area contributed by atoms with Crippen LogP contribution < -0.4 is 0 Å². The molecule has 0 bridgehead atoms. The molecule has 0 aliphatic rings. The van der Waals surface area contributed by atoms with Crippen molar-refractivity contribution in [3.05, 3.63) is 60.4 Å². The van der Waals surface area contributed by atoms with Crippen LogP contribution in [0.2, 0.25) is 0 Å². The van der Waals surface area contributed by atoms with Crippen molar-refractivity contribution >= 4 is 10.0 Å². The molecule has 0 N–H and O–H groups in total. The Morgan fingerprint density at radius 2 is 1.73 bits per heavy atom. The molecular formula is C16H21N3O2S. The summed E-state index contributed by atoms with van der Waals surface area (Å²) in [6.07, 6.45) is 3.38. The third-order valence-corrected chi connectivity index (χ3v) is 5.12. The summed E-state index contributed by atoms with van der Waals surface area (Å²) in [5.74, 6) is 0. The second-order valence-corrected chi connectivity index (χ2v) is 7.25. The van der Waals surface area contributed by atoms with E-state index in [1.54, 1.807) is 36.7 Å². The third kappa shape index (κ3) is 4.37. The van der Waals surface area contributed by atoms with Crippen LogP contribution in [0.25, 0.3) is 0 Å². The molecular weight excluding hydrogens is 298 g/mol. The van der Waals surface area contributed by atoms with Crippen LogP contribution in [-0.2, 0) is 16.6 Å². The van der Waals surface area contributed by atoms with Crippen LogP contribution in [-0.4, -0.2) is 49.8 Å². The monoisotopic (exact) mass is 319 g/mol. The van der Waals surface area contributed by atoms with Gasteiger partial charge in [0, 0.05) is 32.0 Å². The van der Waals surface area contributed by atoms with Crippen molar-refractivity contribution < 1.29 is 8.42 Å². The van der Waals surface area contributed by atoms with Gasteiger partial charge in [-0.3, -0.25) is 4.98 Å². The van der Waals surface area contributed by atoms with Gasteiger partial charge in [-0.05, 0) is 37.9 Å². The van der Waals surface area contributed by atoms with E-state index in [1.165, 1.54) is 4.31 Å². The molecule has 1 heterocycles. The molecule has 0 saturated carbocycles. The lowest BCUT2D eigenvalue weighted by Gasteiger charge is -2.24. The zero-order valence-corrected chi connectivity index (χ0v) is 13.7. The summed E-state index contributed by atoms with van der Waals surface area (Å²) in [6.45, 7) is 1.41. The Balaban J connectivity index is 2.27. The normalized spacial score (nSPS) is 12.0. The van der Waals surface area contributed by atoms with E-state index in [4.69, 9.17) is 0 Å². The smallest absolute Gasteiger partial charge is 0.243 e. The van der Waals surface area contributed by atoms with Gasteiger partial charge in [0.05, 0.1) is 4.90 Å². The van der Waals surface area contributed by atoms with E-state index < -0.39 is 10.0 Å². The van der Waals surface area contributed by atoms with E-state index in [9.17, 15) is 8.42 Å². The highest BCUT2D eigenvalue weighted by atomic mass is 32.2. The van der Waals surface area contributed by atoms with Crippen molar-refractivity contribution in [3.8, 4) is 0 Å². The maximum absolute atomic E-state index is 12.8. The summed E-state index contributed by atoms with van der Waals surface area (Å²) in [6, 6.07) is 12.2. The molecule has 118 valence electrons. The van der Waals surface area contributed by atoms with Gasteiger partial charge in [-0.1, -0.05) is 24.3 Å². The average molecular weight is 319 g/mol. The molecule has 0 aliphatic heterocycles. The van der Waals surface area contributed by atoms with Crippen molar-refractivity contribution in [2.75, 3.05) is 27.2 Å². The summed E-state index contributed by atoms with van der Waals surface area (Å²) in [5, 5.41) is 0. The second kappa shape index (κ2) is 7.49. The van der Waals surface area contributed by atoms with Crippen LogP contribution in [0.4, 0.5) is 0 Å². The lowest BCUT2D eigenvalue weighted by atomic mass is 10.3. The fourth-order valence-electron chi connectivity index (χ4n) is 2.03. The van der Waals surface area contributed by atoms with E-state index in [2.05, 4.69) is 4.98 Å². The first-order valence-corrected chi connectivity index (χ1v) is 8.53. The predicted octanol–water partition coefficient (Wildman–Crippen LogP) is 1.83. The lowest BCUT2D eigenvalue weighted by molar-refractivity contribution is 0.329. The predicted molar refractivity (Wildman–Crippen MR) is 86.8 cm³/mol. The quantitative estimate of drug-likeness (QED) is 0.781. The fraction of sp³-hybridized carbons (Fsp3) is 0.312. The van der Waals surface area contributed by atoms with Crippen LogP contribution in [0.15, 0.2) is 59.8 Å². The molecule has 0 amide bonds. The van der Waals surface area contributed by atoms with Gasteiger partial charge in [0.25, 0.3) is 0 Å². The number of pyridine rings is 1. The van der Waals surface area contributed by atoms with Crippen molar-refractivity contribution in [2.24, 2.45) is 0 Å². The Hall–Kier alpha value is -1.76. The van der Waals surface area contributed by atoms with E-state index >= 15 is 0 Å². The molecule has 6 heteroatoms. The molecule has 5 nitrogen and oxygen atoms in total. The van der Waals surface area contributed by atoms with Gasteiger partial charge in [0.2, 0.25) is 10.0 Å². The first-order chi connectivity index (χ1) is 10.5. The minimum Gasteiger partial charge on any atom is -0.308 e. The Bertz CT molecular complexity index is 673. The topological polar surface area (TPSA) is 53.5 Å². The molecule has 0 saturated heterocycles. The van der Waals surface area contributed by atoms with E-state index in [0.29, 0.717) is 24.5 Å². The van der Waals surface area contributed by atoms with Crippen molar-refractivity contribution in [1.29, 1.82) is 0 Å². The summed E-state index contributed by atoms with van der Waals surface area (Å²) >= 11 is 0. The first kappa shape index (κ1) is 16.6. The summed E-state index contributed by atoms with van der Waals surface area (Å²) in [7, 11) is 0.340. The van der Waals surface area contributed by atoms with Crippen molar-refractivity contribution in [2.45, 2.75) is 11.4 Å². The Kier molecular flexibility index (Phi) is 5.65. The molecule has 1 aromatic carbocycles. The van der Waals surface area contributed by atoms with Crippen molar-refractivity contribution in [1.82, 2.24) is 14.2 Å². The summed E-state index contributed by atoms with van der Waals surface area (Å²) < 4.78 is 27.2. The van der Waals surface area contributed by atoms with Crippen LogP contribution in [0.3, 0.4) is 0 Å². The molecule has 0 aliphatic carbocycles. The highest BCUT2D eigenvalue weighted by Gasteiger charge is 2.24. The first-order valence-electron chi connectivity index (χ1n) is 7.09. The van der Waals surface area contributed by atoms with E-state index in [0.717, 1.165) is 5.56 Å². The Morgan fingerprint density at radius 1 is 1.00 bits per heavy atom. The van der Waals surface area contributed by atoms with Gasteiger partial charge in [-0.2, -0.15) is 4.31 Å². The number of likely N-dealkylation sites (N-methyl/N-ethyl adjacent to an activating group) is 1. The van der Waals surface area contributed by atoms with Crippen molar-refractivity contribution in [3.63, 3.8) is 0 Å². The minimum absolute atomic E-state index is 0.317. The number of hydrogen-bond donors (Lipinski definition) is 0. The van der Waals surface area contributed by atoms with Crippen LogP contribution in [0.1, 0.15) is 5.56 Å². The van der Waals surface area contributed by atoms with Gasteiger partial charge < -0.3 is 4.90 Å². The molecule has 0 atom stereocenters. The number of sulfonamides is 1. The average Bonchev–Trinajstić information content (AvgIpc) is 2.53. The molecule has 0 unspecified atom stereocenters. The molecule has 0 radical (unpaired) electrons. The fourth-order valence-corrected chi connectivity index (χ4v) is 3.47. The molecule has 2 rings (SSSR count). The van der Waals surface area contributed by atoms with Crippen LogP contribution >= 0.6 is 0 Å². The zero-order chi connectivity index (χ0) is 16.0. The lowest BCUT2D eigenvalue weighted by Crippen LogP contribution is -2.36. The van der Waals surface area contributed by atoms with Crippen LogP contribution in [0, 0.1) is 0 Å². The standard InChI is InChI=1S/C16H21N3O2S/c1-18(2)11-12-19(14-15-7-6-10-17-13-15)22(20,21)16-8-4-3-5-9-16/h3-10,13H,11-12,14H2,1-2H3. The SMILES string of the molecule is CN(C)CCN(Cc1cccnc1)S(=O)(=O)c1ccccc1. The largest absolute Gasteiger partial charge is 0.308 e. The maximum atomic E-state index is 12.8. The zero-order valence-electron chi connectivity index (χ0n) is 12.9. The van der Waals surface area contributed by atoms with Gasteiger partial charge in [0.15, 0.2) is 0 Å². The molecule has 1 aromatic heterocycles. The number of aromatic nitrogens is 1. The van der Waals surface area contributed by atoms with Gasteiger partial charge in [-0.15, -0.1) is 0 Å². The number of hydrogen-bond acceptors (Lipinski definition) is 4. The summed E-state index contributed by atoms with van der Waals surface area (Å²) in [4.78, 5) is 6.34. The molecule has 2 aromatic rings. The number of nitrogens with zero attached hydrogens (tertiary/aromatic N) is 3. The Morgan fingerprint density at radius 3 is 2.32 bits per heavy atom. The third-order valence-electron chi connectivity index (χ3n) is 3.26. The maximum Gasteiger partial charge on any atom is 0.243 e. The second-order valence-electron chi connectivity index (χ2n) is 5.32. The van der Waals surface area contributed by atoms with E-state index in [1.807, 2.05) is 37.2 Å². The highest BCUT2D eigenvalue weighted by molar-refractivity contribution is 7.89. The highest BCUT2D eigenvalue weighted by Crippen LogP contribution is 2.17. The van der Waals surface area contributed by atoms with E-state index in [-0.39, 0.29) is 0 Å². The molecule has 0 spiro atoms. The van der Waals surface area contributed by atoms with Crippen LogP contribution in [0.5, 0.6) is 0 Å². The molecule has 22 heavy (non-hydrogen) atoms. The summed E-state index contributed by atoms with van der Waals surface area (Å²) in [5.41, 5.74) is 0.876. The molecule has 0 fully saturated rings. The number of rotatable bonds is 7.